The van der Waals surface area contributed by atoms with Crippen molar-refractivity contribution in [1.29, 1.82) is 0 Å². The SMILES string of the molecule is COC(CNC(=O)C1OCCC1NC(=O)OCC1c2ccccc2-c2ccccc21)C(=O)O. The Balaban J connectivity index is 1.33. The van der Waals surface area contributed by atoms with Crippen LogP contribution >= 0.6 is 0 Å². The third-order valence-corrected chi connectivity index (χ3v) is 6.02. The molecule has 1 aliphatic carbocycles. The first kappa shape index (κ1) is 22.8. The number of ether oxygens (including phenoxy) is 3. The number of rotatable bonds is 8. The number of hydrogen-bond acceptors (Lipinski definition) is 6. The Bertz CT molecular complexity index is 995. The van der Waals surface area contributed by atoms with Gasteiger partial charge in [-0.2, -0.15) is 0 Å². The molecular weight excluding hydrogens is 428 g/mol. The summed E-state index contributed by atoms with van der Waals surface area (Å²) in [7, 11) is 1.25. The standard InChI is InChI=1S/C24H26N2O7/c1-31-20(23(28)29)12-25-22(27)21-19(10-11-32-21)26-24(30)33-13-18-16-8-4-2-6-14(16)15-7-3-5-9-17(15)18/h2-9,18-21H,10-13H2,1H3,(H,25,27)(H,26,30)(H,28,29). The van der Waals surface area contributed by atoms with Crippen molar-refractivity contribution >= 4 is 18.0 Å². The molecule has 9 heteroatoms. The molecule has 3 N–H and O–H groups in total. The number of alkyl carbamates (subject to hydrolysis) is 1. The predicted octanol–water partition coefficient (Wildman–Crippen LogP) is 1.90. The molecule has 2 amide bonds. The number of carbonyl (C=O) groups excluding carboxylic acids is 2. The minimum atomic E-state index is -1.18. The summed E-state index contributed by atoms with van der Waals surface area (Å²) in [6.07, 6.45) is -2.29. The van der Waals surface area contributed by atoms with E-state index in [-0.39, 0.29) is 19.1 Å². The van der Waals surface area contributed by atoms with Crippen molar-refractivity contribution in [3.8, 4) is 11.1 Å². The van der Waals surface area contributed by atoms with Crippen molar-refractivity contribution in [2.24, 2.45) is 0 Å². The molecule has 2 aliphatic rings. The van der Waals surface area contributed by atoms with Crippen molar-refractivity contribution in [2.45, 2.75) is 30.6 Å². The summed E-state index contributed by atoms with van der Waals surface area (Å²) in [5, 5.41) is 14.2. The van der Waals surface area contributed by atoms with Crippen molar-refractivity contribution in [3.05, 3.63) is 59.7 Å². The highest BCUT2D eigenvalue weighted by atomic mass is 16.6. The van der Waals surface area contributed by atoms with Gasteiger partial charge in [0.15, 0.2) is 12.2 Å². The summed E-state index contributed by atoms with van der Waals surface area (Å²) < 4.78 is 15.8. The van der Waals surface area contributed by atoms with Gasteiger partial charge in [0.25, 0.3) is 5.91 Å². The number of carboxylic acid groups (broad SMARTS) is 1. The zero-order chi connectivity index (χ0) is 23.4. The van der Waals surface area contributed by atoms with Crippen LogP contribution in [0.4, 0.5) is 4.79 Å². The minimum absolute atomic E-state index is 0.0657. The van der Waals surface area contributed by atoms with Gasteiger partial charge in [0.05, 0.1) is 12.6 Å². The molecule has 9 nitrogen and oxygen atoms in total. The average molecular weight is 454 g/mol. The molecule has 3 unspecified atom stereocenters. The number of hydrogen-bond donors (Lipinski definition) is 3. The average Bonchev–Trinajstić information content (AvgIpc) is 3.40. The molecule has 1 heterocycles. The Labute approximate surface area is 191 Å². The molecule has 1 aliphatic heterocycles. The number of methoxy groups -OCH3 is 1. The van der Waals surface area contributed by atoms with Crippen molar-refractivity contribution in [2.75, 3.05) is 26.9 Å². The van der Waals surface area contributed by atoms with Crippen LogP contribution in [-0.2, 0) is 23.8 Å². The molecule has 0 spiro atoms. The number of fused-ring (bicyclic) bond motifs is 3. The molecule has 0 aromatic heterocycles. The van der Waals surface area contributed by atoms with Crippen LogP contribution in [0.25, 0.3) is 11.1 Å². The van der Waals surface area contributed by atoms with Crippen LogP contribution in [0, 0.1) is 0 Å². The van der Waals surface area contributed by atoms with Crippen LogP contribution in [-0.4, -0.2) is 68.2 Å². The highest BCUT2D eigenvalue weighted by molar-refractivity contribution is 5.84. The maximum absolute atomic E-state index is 12.5. The zero-order valence-electron chi connectivity index (χ0n) is 18.2. The fourth-order valence-electron chi connectivity index (χ4n) is 4.35. The Morgan fingerprint density at radius 3 is 2.33 bits per heavy atom. The number of aliphatic carboxylic acids is 1. The molecular formula is C24H26N2O7. The normalized spacial score (nSPS) is 19.9. The Morgan fingerprint density at radius 1 is 1.09 bits per heavy atom. The maximum Gasteiger partial charge on any atom is 0.407 e. The van der Waals surface area contributed by atoms with E-state index in [0.717, 1.165) is 22.3 Å². The van der Waals surface area contributed by atoms with Gasteiger partial charge in [-0.3, -0.25) is 4.79 Å². The van der Waals surface area contributed by atoms with Crippen LogP contribution < -0.4 is 10.6 Å². The fraction of sp³-hybridized carbons (Fsp3) is 0.375. The van der Waals surface area contributed by atoms with E-state index < -0.39 is 36.2 Å². The molecule has 174 valence electrons. The van der Waals surface area contributed by atoms with E-state index in [1.807, 2.05) is 36.4 Å². The number of carbonyl (C=O) groups is 3. The molecule has 0 radical (unpaired) electrons. The van der Waals surface area contributed by atoms with Crippen molar-refractivity contribution in [3.63, 3.8) is 0 Å². The van der Waals surface area contributed by atoms with E-state index in [1.165, 1.54) is 7.11 Å². The van der Waals surface area contributed by atoms with Gasteiger partial charge < -0.3 is 30.0 Å². The molecule has 1 saturated heterocycles. The van der Waals surface area contributed by atoms with Gasteiger partial charge in [0, 0.05) is 19.6 Å². The second-order valence-electron chi connectivity index (χ2n) is 7.96. The van der Waals surface area contributed by atoms with Crippen molar-refractivity contribution < 1.29 is 33.7 Å². The van der Waals surface area contributed by atoms with E-state index in [9.17, 15) is 14.4 Å². The van der Waals surface area contributed by atoms with E-state index in [0.29, 0.717) is 13.0 Å². The molecule has 2 aromatic carbocycles. The van der Waals surface area contributed by atoms with Crippen LogP contribution in [0.1, 0.15) is 23.5 Å². The van der Waals surface area contributed by atoms with E-state index in [4.69, 9.17) is 19.3 Å². The smallest absolute Gasteiger partial charge is 0.407 e. The topological polar surface area (TPSA) is 123 Å². The van der Waals surface area contributed by atoms with E-state index in [1.54, 1.807) is 0 Å². The summed E-state index contributed by atoms with van der Waals surface area (Å²) in [5.74, 6) is -1.76. The summed E-state index contributed by atoms with van der Waals surface area (Å²) in [4.78, 5) is 36.0. The lowest BCUT2D eigenvalue weighted by Gasteiger charge is -2.21. The number of benzene rings is 2. The Morgan fingerprint density at radius 2 is 1.73 bits per heavy atom. The molecule has 33 heavy (non-hydrogen) atoms. The van der Waals surface area contributed by atoms with Gasteiger partial charge in [0.2, 0.25) is 0 Å². The van der Waals surface area contributed by atoms with Crippen LogP contribution in [0.2, 0.25) is 0 Å². The monoisotopic (exact) mass is 454 g/mol. The van der Waals surface area contributed by atoms with Gasteiger partial charge in [0.1, 0.15) is 6.61 Å². The molecule has 2 aromatic rings. The molecule has 0 saturated carbocycles. The lowest BCUT2D eigenvalue weighted by atomic mass is 9.98. The van der Waals surface area contributed by atoms with Gasteiger partial charge >= 0.3 is 12.1 Å². The third kappa shape index (κ3) is 4.84. The summed E-state index contributed by atoms with van der Waals surface area (Å²) >= 11 is 0. The number of nitrogens with one attached hydrogen (secondary N) is 2. The number of carboxylic acids is 1. The Kier molecular flexibility index (Phi) is 6.90. The van der Waals surface area contributed by atoms with Gasteiger partial charge in [-0.15, -0.1) is 0 Å². The minimum Gasteiger partial charge on any atom is -0.479 e. The van der Waals surface area contributed by atoms with Gasteiger partial charge in [-0.25, -0.2) is 9.59 Å². The second kappa shape index (κ2) is 10.0. The zero-order valence-corrected chi connectivity index (χ0v) is 18.2. The first-order chi connectivity index (χ1) is 16.0. The number of amides is 2. The molecule has 3 atom stereocenters. The van der Waals surface area contributed by atoms with Gasteiger partial charge in [-0.1, -0.05) is 48.5 Å². The highest BCUT2D eigenvalue weighted by Crippen LogP contribution is 2.44. The fourth-order valence-corrected chi connectivity index (χ4v) is 4.35. The summed E-state index contributed by atoms with van der Waals surface area (Å²) in [6.45, 7) is 0.250. The lowest BCUT2D eigenvalue weighted by Crippen LogP contribution is -2.50. The largest absolute Gasteiger partial charge is 0.479 e. The maximum atomic E-state index is 12.5. The van der Waals surface area contributed by atoms with Crippen molar-refractivity contribution in [1.82, 2.24) is 10.6 Å². The molecule has 0 bridgehead atoms. The molecule has 4 rings (SSSR count). The highest BCUT2D eigenvalue weighted by Gasteiger charge is 2.36. The Hall–Kier alpha value is -3.43. The van der Waals surface area contributed by atoms with E-state index in [2.05, 4.69) is 22.8 Å². The summed E-state index contributed by atoms with van der Waals surface area (Å²) in [5.41, 5.74) is 4.50. The molecule has 1 fully saturated rings. The van der Waals surface area contributed by atoms with Crippen LogP contribution in [0.15, 0.2) is 48.5 Å². The van der Waals surface area contributed by atoms with Gasteiger partial charge in [-0.05, 0) is 28.7 Å². The van der Waals surface area contributed by atoms with Crippen LogP contribution in [0.5, 0.6) is 0 Å². The predicted molar refractivity (Wildman–Crippen MR) is 118 cm³/mol. The summed E-state index contributed by atoms with van der Waals surface area (Å²) in [6, 6.07) is 15.5. The van der Waals surface area contributed by atoms with E-state index >= 15 is 0 Å². The first-order valence-electron chi connectivity index (χ1n) is 10.8. The first-order valence-corrected chi connectivity index (χ1v) is 10.8. The second-order valence-corrected chi connectivity index (χ2v) is 7.96. The van der Waals surface area contributed by atoms with Crippen LogP contribution in [0.3, 0.4) is 0 Å². The lowest BCUT2D eigenvalue weighted by molar-refractivity contribution is -0.148. The third-order valence-electron chi connectivity index (χ3n) is 6.02. The quantitative estimate of drug-likeness (QED) is 0.557.